The van der Waals surface area contributed by atoms with Crippen LogP contribution in [0.4, 0.5) is 0 Å². The van der Waals surface area contributed by atoms with Crippen molar-refractivity contribution >= 4 is 23.6 Å². The topological polar surface area (TPSA) is 79.5 Å². The number of carbonyl (C=O) groups excluding carboxylic acids is 1. The summed E-state index contributed by atoms with van der Waals surface area (Å²) in [4.78, 5) is 23.4. The van der Waals surface area contributed by atoms with Crippen LogP contribution in [0.25, 0.3) is 0 Å². The van der Waals surface area contributed by atoms with E-state index in [0.29, 0.717) is 24.2 Å². The van der Waals surface area contributed by atoms with Gasteiger partial charge in [0.1, 0.15) is 17.6 Å². The van der Waals surface area contributed by atoms with Gasteiger partial charge in [-0.15, -0.1) is 0 Å². The minimum Gasteiger partial charge on any atom is -0.480 e. The summed E-state index contributed by atoms with van der Waals surface area (Å²) in [6, 6.07) is 1.60. The number of furan rings is 1. The van der Waals surface area contributed by atoms with E-state index < -0.39 is 11.5 Å². The highest BCUT2D eigenvalue weighted by Gasteiger charge is 2.41. The molecule has 1 aromatic heterocycles. The minimum atomic E-state index is -1.13. The highest BCUT2D eigenvalue weighted by Crippen LogP contribution is 2.27. The lowest BCUT2D eigenvalue weighted by Gasteiger charge is -2.33. The van der Waals surface area contributed by atoms with Crippen LogP contribution in [0.3, 0.4) is 0 Å². The third kappa shape index (κ3) is 2.53. The van der Waals surface area contributed by atoms with Crippen LogP contribution in [0.2, 0.25) is 0 Å². The van der Waals surface area contributed by atoms with Crippen LogP contribution in [-0.2, 0) is 4.79 Å². The highest BCUT2D eigenvalue weighted by atomic mass is 32.2. The van der Waals surface area contributed by atoms with Crippen molar-refractivity contribution in [3.63, 3.8) is 0 Å². The molecule has 6 heteroatoms. The predicted octanol–water partition coefficient (Wildman–Crippen LogP) is 1.67. The van der Waals surface area contributed by atoms with Crippen molar-refractivity contribution in [3.05, 3.63) is 23.7 Å². The molecule has 0 spiro atoms. The Morgan fingerprint density at radius 2 is 2.11 bits per heavy atom. The Balaban J connectivity index is 2.14. The fraction of sp³-hybridized carbons (Fsp3) is 0.500. The average Bonchev–Trinajstić information content (AvgIpc) is 2.77. The molecule has 0 aromatic carbocycles. The summed E-state index contributed by atoms with van der Waals surface area (Å²) in [6.45, 7) is 1.74. The number of aliphatic carboxylic acids is 1. The molecule has 0 bridgehead atoms. The molecule has 2 N–H and O–H groups in total. The smallest absolute Gasteiger partial charge is 0.329 e. The zero-order chi connectivity index (χ0) is 13.2. The van der Waals surface area contributed by atoms with Crippen molar-refractivity contribution in [3.8, 4) is 0 Å². The van der Waals surface area contributed by atoms with E-state index in [2.05, 4.69) is 5.32 Å². The molecule has 0 aliphatic carbocycles. The van der Waals surface area contributed by atoms with Crippen LogP contribution in [0.15, 0.2) is 16.7 Å². The fourth-order valence-electron chi connectivity index (χ4n) is 1.96. The number of hydrogen-bond donors (Lipinski definition) is 2. The molecular weight excluding hydrogens is 254 g/mol. The summed E-state index contributed by atoms with van der Waals surface area (Å²) in [6.07, 6.45) is 2.25. The molecule has 1 aliphatic heterocycles. The molecule has 2 rings (SSSR count). The number of aryl methyl sites for hydroxylation is 1. The van der Waals surface area contributed by atoms with Crippen molar-refractivity contribution in [1.82, 2.24) is 5.32 Å². The molecule has 1 amide bonds. The van der Waals surface area contributed by atoms with E-state index >= 15 is 0 Å². The average molecular weight is 269 g/mol. The standard InChI is InChI=1S/C12H15NO4S/c1-8-6-9(7-17-8)10(14)13-12(11(15)16)2-4-18-5-3-12/h6-7H,2-5H2,1H3,(H,13,14)(H,15,16). The molecule has 1 aromatic rings. The van der Waals surface area contributed by atoms with Crippen molar-refractivity contribution < 1.29 is 19.1 Å². The second-order valence-electron chi connectivity index (χ2n) is 4.40. The molecular formula is C12H15NO4S. The van der Waals surface area contributed by atoms with E-state index in [1.54, 1.807) is 24.8 Å². The van der Waals surface area contributed by atoms with Gasteiger partial charge in [-0.05, 0) is 37.3 Å². The summed E-state index contributed by atoms with van der Waals surface area (Å²) < 4.78 is 5.06. The van der Waals surface area contributed by atoms with Crippen LogP contribution in [0.5, 0.6) is 0 Å². The number of hydrogen-bond acceptors (Lipinski definition) is 4. The quantitative estimate of drug-likeness (QED) is 0.872. The Morgan fingerprint density at radius 3 is 2.61 bits per heavy atom. The van der Waals surface area contributed by atoms with Gasteiger partial charge >= 0.3 is 5.97 Å². The van der Waals surface area contributed by atoms with E-state index in [1.807, 2.05) is 0 Å². The van der Waals surface area contributed by atoms with E-state index in [1.165, 1.54) is 6.26 Å². The number of carboxylic acid groups (broad SMARTS) is 1. The second-order valence-corrected chi connectivity index (χ2v) is 5.62. The van der Waals surface area contributed by atoms with Gasteiger partial charge in [0.05, 0.1) is 5.56 Å². The SMILES string of the molecule is Cc1cc(C(=O)NC2(C(=O)O)CCSCC2)co1. The first kappa shape index (κ1) is 13.0. The van der Waals surface area contributed by atoms with Crippen LogP contribution < -0.4 is 5.32 Å². The Kier molecular flexibility index (Phi) is 3.65. The lowest BCUT2D eigenvalue weighted by molar-refractivity contribution is -0.144. The molecule has 2 heterocycles. The first-order valence-corrected chi connectivity index (χ1v) is 6.88. The lowest BCUT2D eigenvalue weighted by atomic mass is 9.92. The third-order valence-corrected chi connectivity index (χ3v) is 4.09. The largest absolute Gasteiger partial charge is 0.480 e. The van der Waals surface area contributed by atoms with Crippen molar-refractivity contribution in [2.75, 3.05) is 11.5 Å². The molecule has 1 fully saturated rings. The molecule has 0 atom stereocenters. The zero-order valence-corrected chi connectivity index (χ0v) is 10.9. The number of carboxylic acids is 1. The summed E-state index contributed by atoms with van der Waals surface area (Å²) in [5.41, 5.74) is -0.764. The Hall–Kier alpha value is -1.43. The maximum Gasteiger partial charge on any atom is 0.329 e. The van der Waals surface area contributed by atoms with E-state index in [4.69, 9.17) is 4.42 Å². The van der Waals surface area contributed by atoms with Crippen LogP contribution in [0.1, 0.15) is 29.0 Å². The van der Waals surface area contributed by atoms with Gasteiger partial charge in [0.2, 0.25) is 0 Å². The Morgan fingerprint density at radius 1 is 1.44 bits per heavy atom. The van der Waals surface area contributed by atoms with Crippen molar-refractivity contribution in [1.29, 1.82) is 0 Å². The van der Waals surface area contributed by atoms with Crippen molar-refractivity contribution in [2.45, 2.75) is 25.3 Å². The molecule has 0 unspecified atom stereocenters. The van der Waals surface area contributed by atoms with Gasteiger partial charge < -0.3 is 14.8 Å². The van der Waals surface area contributed by atoms with Crippen LogP contribution >= 0.6 is 11.8 Å². The summed E-state index contributed by atoms with van der Waals surface area (Å²) in [5.74, 6) is 0.773. The van der Waals surface area contributed by atoms with Gasteiger partial charge in [-0.2, -0.15) is 11.8 Å². The van der Waals surface area contributed by atoms with Gasteiger partial charge in [-0.1, -0.05) is 0 Å². The fourth-order valence-corrected chi connectivity index (χ4v) is 3.15. The molecule has 1 aliphatic rings. The third-order valence-electron chi connectivity index (χ3n) is 3.10. The highest BCUT2D eigenvalue weighted by molar-refractivity contribution is 7.99. The van der Waals surface area contributed by atoms with Gasteiger partial charge in [0.25, 0.3) is 5.91 Å². The number of carbonyl (C=O) groups is 2. The van der Waals surface area contributed by atoms with Gasteiger partial charge in [-0.25, -0.2) is 4.79 Å². The Bertz CT molecular complexity index is 462. The predicted molar refractivity (Wildman–Crippen MR) is 67.8 cm³/mol. The molecule has 5 nitrogen and oxygen atoms in total. The minimum absolute atomic E-state index is 0.367. The second kappa shape index (κ2) is 5.06. The molecule has 98 valence electrons. The molecule has 0 radical (unpaired) electrons. The van der Waals surface area contributed by atoms with Gasteiger partial charge in [0.15, 0.2) is 0 Å². The van der Waals surface area contributed by atoms with E-state index in [9.17, 15) is 14.7 Å². The number of rotatable bonds is 3. The maximum absolute atomic E-state index is 12.0. The number of amides is 1. The lowest BCUT2D eigenvalue weighted by Crippen LogP contribution is -2.56. The summed E-state index contributed by atoms with van der Waals surface area (Å²) in [5, 5.41) is 12.0. The molecule has 18 heavy (non-hydrogen) atoms. The first-order valence-electron chi connectivity index (χ1n) is 5.72. The van der Waals surface area contributed by atoms with Crippen LogP contribution in [0, 0.1) is 6.92 Å². The van der Waals surface area contributed by atoms with Gasteiger partial charge in [-0.3, -0.25) is 4.79 Å². The van der Waals surface area contributed by atoms with Crippen LogP contribution in [-0.4, -0.2) is 34.0 Å². The normalized spacial score (nSPS) is 18.3. The van der Waals surface area contributed by atoms with E-state index in [-0.39, 0.29) is 5.91 Å². The van der Waals surface area contributed by atoms with Crippen molar-refractivity contribution in [2.24, 2.45) is 0 Å². The molecule has 0 saturated carbocycles. The monoisotopic (exact) mass is 269 g/mol. The summed E-state index contributed by atoms with van der Waals surface area (Å²) in [7, 11) is 0. The van der Waals surface area contributed by atoms with E-state index in [0.717, 1.165) is 11.5 Å². The Labute approximate surface area is 109 Å². The van der Waals surface area contributed by atoms with Gasteiger partial charge in [0, 0.05) is 0 Å². The maximum atomic E-state index is 12.0. The first-order chi connectivity index (χ1) is 8.53. The molecule has 1 saturated heterocycles. The zero-order valence-electron chi connectivity index (χ0n) is 10.1. The number of thioether (sulfide) groups is 1. The number of nitrogens with one attached hydrogen (secondary N) is 1. The summed E-state index contributed by atoms with van der Waals surface area (Å²) >= 11 is 1.71.